The topological polar surface area (TPSA) is 32.3 Å². The van der Waals surface area contributed by atoms with Crippen molar-refractivity contribution in [3.63, 3.8) is 0 Å². The van der Waals surface area contributed by atoms with E-state index >= 15 is 0 Å². The normalized spacial score (nSPS) is 20.0. The number of halogens is 1. The second kappa shape index (κ2) is 4.80. The van der Waals surface area contributed by atoms with E-state index in [9.17, 15) is 4.79 Å². The third-order valence-electron chi connectivity index (χ3n) is 3.03. The molecule has 1 saturated heterocycles. The fourth-order valence-corrected chi connectivity index (χ4v) is 2.25. The van der Waals surface area contributed by atoms with E-state index in [1.54, 1.807) is 0 Å². The summed E-state index contributed by atoms with van der Waals surface area (Å²) >= 11 is 5.97. The number of carbonyl (C=O) groups excluding carboxylic acids is 1. The number of anilines is 1. The summed E-state index contributed by atoms with van der Waals surface area (Å²) in [4.78, 5) is 13.3. The second-order valence-corrected chi connectivity index (χ2v) is 4.66. The number of rotatable bonds is 2. The quantitative estimate of drug-likeness (QED) is 0.875. The molecule has 0 aromatic heterocycles. The van der Waals surface area contributed by atoms with Gasteiger partial charge < -0.3 is 10.2 Å². The molecule has 1 aliphatic rings. The van der Waals surface area contributed by atoms with Gasteiger partial charge in [0.05, 0.1) is 6.04 Å². The molecule has 2 rings (SSSR count). The summed E-state index contributed by atoms with van der Waals surface area (Å²) < 4.78 is 0. The number of nitrogens with one attached hydrogen (secondary N) is 1. The minimum atomic E-state index is 0.0470. The maximum atomic E-state index is 11.2. The van der Waals surface area contributed by atoms with Crippen LogP contribution in [0.1, 0.15) is 12.8 Å². The fourth-order valence-electron chi connectivity index (χ4n) is 2.07. The summed E-state index contributed by atoms with van der Waals surface area (Å²) in [5.41, 5.74) is 1.78. The van der Waals surface area contributed by atoms with Gasteiger partial charge in [-0.15, -0.1) is 0 Å². The number of nitrogens with zero attached hydrogens (tertiary/aromatic N) is 1. The first-order valence-corrected chi connectivity index (χ1v) is 5.93. The van der Waals surface area contributed by atoms with Crippen LogP contribution in [0.4, 0.5) is 5.69 Å². The molecule has 1 amide bonds. The number of piperidine rings is 1. The molecule has 1 heterocycles. The Hall–Kier alpha value is -1.48. The van der Waals surface area contributed by atoms with Gasteiger partial charge in [-0.3, -0.25) is 4.79 Å². The van der Waals surface area contributed by atoms with Crippen molar-refractivity contribution in [1.82, 2.24) is 5.32 Å². The van der Waals surface area contributed by atoms with Crippen LogP contribution in [-0.4, -0.2) is 19.0 Å². The van der Waals surface area contributed by atoms with Gasteiger partial charge in [0.1, 0.15) is 0 Å². The van der Waals surface area contributed by atoms with Crippen LogP contribution >= 0.6 is 11.6 Å². The average Bonchev–Trinajstić information content (AvgIpc) is 2.28. The van der Waals surface area contributed by atoms with E-state index in [-0.39, 0.29) is 11.9 Å². The lowest BCUT2D eigenvalue weighted by Gasteiger charge is -2.34. The van der Waals surface area contributed by atoms with Crippen molar-refractivity contribution in [2.45, 2.75) is 18.9 Å². The lowest BCUT2D eigenvalue weighted by Crippen LogP contribution is -2.44. The summed E-state index contributed by atoms with van der Waals surface area (Å²) in [6.45, 7) is 3.91. The lowest BCUT2D eigenvalue weighted by molar-refractivity contribution is -0.121. The second-order valence-electron chi connectivity index (χ2n) is 4.22. The zero-order chi connectivity index (χ0) is 12.4. The van der Waals surface area contributed by atoms with Gasteiger partial charge in [-0.2, -0.15) is 0 Å². The summed E-state index contributed by atoms with van der Waals surface area (Å²) in [7, 11) is 1.99. The molecule has 1 atom stereocenters. The van der Waals surface area contributed by atoms with E-state index in [1.165, 1.54) is 0 Å². The highest BCUT2D eigenvalue weighted by Gasteiger charge is 2.25. The molecule has 17 heavy (non-hydrogen) atoms. The molecule has 1 aliphatic heterocycles. The maximum absolute atomic E-state index is 11.2. The van der Waals surface area contributed by atoms with Gasteiger partial charge in [0.25, 0.3) is 0 Å². The molecule has 0 saturated carbocycles. The Morgan fingerprint density at radius 2 is 2.29 bits per heavy atom. The van der Waals surface area contributed by atoms with E-state index in [4.69, 9.17) is 11.6 Å². The zero-order valence-electron chi connectivity index (χ0n) is 9.74. The first-order valence-electron chi connectivity index (χ1n) is 5.55. The van der Waals surface area contributed by atoms with Crippen LogP contribution in [0.3, 0.4) is 0 Å². The smallest absolute Gasteiger partial charge is 0.224 e. The molecule has 0 aliphatic carbocycles. The van der Waals surface area contributed by atoms with Crippen LogP contribution in [0, 0.1) is 0 Å². The van der Waals surface area contributed by atoms with Gasteiger partial charge in [0, 0.05) is 29.9 Å². The molecule has 4 heteroatoms. The third-order valence-corrected chi connectivity index (χ3v) is 3.27. The molecular formula is C13H15ClN2O. The maximum Gasteiger partial charge on any atom is 0.224 e. The van der Waals surface area contributed by atoms with Crippen LogP contribution in [0.15, 0.2) is 36.5 Å². The van der Waals surface area contributed by atoms with E-state index < -0.39 is 0 Å². The molecular weight excluding hydrogens is 236 g/mol. The molecule has 0 radical (unpaired) electrons. The highest BCUT2D eigenvalue weighted by atomic mass is 35.5. The Morgan fingerprint density at radius 1 is 1.53 bits per heavy atom. The number of hydrogen-bond donors (Lipinski definition) is 1. The van der Waals surface area contributed by atoms with E-state index in [1.807, 2.05) is 31.3 Å². The number of amides is 1. The van der Waals surface area contributed by atoms with Crippen LogP contribution < -0.4 is 10.2 Å². The van der Waals surface area contributed by atoms with Crippen LogP contribution in [-0.2, 0) is 4.79 Å². The van der Waals surface area contributed by atoms with Crippen LogP contribution in [0.25, 0.3) is 0 Å². The van der Waals surface area contributed by atoms with Crippen molar-refractivity contribution in [1.29, 1.82) is 0 Å². The molecule has 3 nitrogen and oxygen atoms in total. The SMILES string of the molecule is C=C1NC(=O)CCC1N(C)c1cccc(Cl)c1. The molecule has 0 bridgehead atoms. The molecule has 1 unspecified atom stereocenters. The van der Waals surface area contributed by atoms with E-state index in [0.717, 1.165) is 17.8 Å². The Labute approximate surface area is 106 Å². The average molecular weight is 251 g/mol. The summed E-state index contributed by atoms with van der Waals surface area (Å²) in [6.07, 6.45) is 1.32. The number of likely N-dealkylation sites (N-methyl/N-ethyl adjacent to an activating group) is 1. The predicted octanol–water partition coefficient (Wildman–Crippen LogP) is 2.57. The molecule has 1 aromatic rings. The minimum absolute atomic E-state index is 0.0470. The van der Waals surface area contributed by atoms with Gasteiger partial charge in [0.2, 0.25) is 5.91 Å². The van der Waals surface area contributed by atoms with Crippen molar-refractivity contribution in [3.8, 4) is 0 Å². The van der Waals surface area contributed by atoms with E-state index in [2.05, 4.69) is 16.8 Å². The Bertz CT molecular complexity index is 458. The minimum Gasteiger partial charge on any atom is -0.366 e. The Balaban J connectivity index is 2.17. The molecule has 90 valence electrons. The zero-order valence-corrected chi connectivity index (χ0v) is 10.5. The first kappa shape index (κ1) is 12.0. The molecule has 1 N–H and O–H groups in total. The Morgan fingerprint density at radius 3 is 2.94 bits per heavy atom. The third kappa shape index (κ3) is 2.61. The highest BCUT2D eigenvalue weighted by Crippen LogP contribution is 2.25. The van der Waals surface area contributed by atoms with Crippen molar-refractivity contribution < 1.29 is 4.79 Å². The number of hydrogen-bond acceptors (Lipinski definition) is 2. The summed E-state index contributed by atoms with van der Waals surface area (Å²) in [5.74, 6) is 0.0470. The largest absolute Gasteiger partial charge is 0.366 e. The van der Waals surface area contributed by atoms with Crippen molar-refractivity contribution in [2.75, 3.05) is 11.9 Å². The summed E-state index contributed by atoms with van der Waals surface area (Å²) in [6, 6.07) is 7.79. The summed E-state index contributed by atoms with van der Waals surface area (Å²) in [5, 5.41) is 3.49. The van der Waals surface area contributed by atoms with Gasteiger partial charge in [0.15, 0.2) is 0 Å². The van der Waals surface area contributed by atoms with Gasteiger partial charge in [-0.05, 0) is 24.6 Å². The number of carbonyl (C=O) groups is 1. The molecule has 1 fully saturated rings. The lowest BCUT2D eigenvalue weighted by atomic mass is 10.0. The predicted molar refractivity (Wildman–Crippen MR) is 70.2 cm³/mol. The van der Waals surface area contributed by atoms with Crippen molar-refractivity contribution >= 4 is 23.2 Å². The van der Waals surface area contributed by atoms with Crippen molar-refractivity contribution in [2.24, 2.45) is 0 Å². The standard InChI is InChI=1S/C13H15ClN2O/c1-9-12(6-7-13(17)15-9)16(2)11-5-3-4-10(14)8-11/h3-5,8,12H,1,6-7H2,2H3,(H,15,17). The van der Waals surface area contributed by atoms with Gasteiger partial charge in [-0.1, -0.05) is 24.2 Å². The monoisotopic (exact) mass is 250 g/mol. The van der Waals surface area contributed by atoms with Crippen molar-refractivity contribution in [3.05, 3.63) is 41.6 Å². The van der Waals surface area contributed by atoms with Crippen LogP contribution in [0.2, 0.25) is 5.02 Å². The van der Waals surface area contributed by atoms with Crippen LogP contribution in [0.5, 0.6) is 0 Å². The fraction of sp³-hybridized carbons (Fsp3) is 0.308. The van der Waals surface area contributed by atoms with E-state index in [0.29, 0.717) is 11.4 Å². The number of benzene rings is 1. The Kier molecular flexibility index (Phi) is 3.38. The molecule has 1 aromatic carbocycles. The highest BCUT2D eigenvalue weighted by molar-refractivity contribution is 6.30. The van der Waals surface area contributed by atoms with Gasteiger partial charge in [-0.25, -0.2) is 0 Å². The van der Waals surface area contributed by atoms with Gasteiger partial charge >= 0.3 is 0 Å². The molecule has 0 spiro atoms. The first-order chi connectivity index (χ1) is 8.08.